The minimum atomic E-state index is 0.337. The van der Waals surface area contributed by atoms with Crippen LogP contribution in [0, 0.1) is 0 Å². The topological polar surface area (TPSA) is 82.8 Å². The van der Waals surface area contributed by atoms with Crippen molar-refractivity contribution in [3.05, 3.63) is 23.2 Å². The molecule has 15 heavy (non-hydrogen) atoms. The monoisotopic (exact) mass is 223 g/mol. The van der Waals surface area contributed by atoms with E-state index in [0.717, 1.165) is 0 Å². The molecule has 0 amide bonds. The quantitative estimate of drug-likeness (QED) is 0.714. The summed E-state index contributed by atoms with van der Waals surface area (Å²) in [5.41, 5.74) is 12.5. The average Bonchev–Trinajstić information content (AvgIpc) is 2.51. The fourth-order valence-electron chi connectivity index (χ4n) is 1.22. The number of aromatic nitrogens is 3. The SMILES string of the molecule is Cn1nc(-c2cc(N)ccc2Cl)nc1N. The van der Waals surface area contributed by atoms with Crippen LogP contribution in [0.5, 0.6) is 0 Å². The lowest BCUT2D eigenvalue weighted by Gasteiger charge is -2.00. The number of hydrogen-bond donors (Lipinski definition) is 2. The fourth-order valence-corrected chi connectivity index (χ4v) is 1.43. The maximum atomic E-state index is 6.01. The molecule has 0 aliphatic heterocycles. The molecule has 1 aromatic carbocycles. The number of anilines is 2. The van der Waals surface area contributed by atoms with Crippen molar-refractivity contribution < 1.29 is 0 Å². The van der Waals surface area contributed by atoms with Crippen LogP contribution in [0.2, 0.25) is 5.02 Å². The predicted octanol–water partition coefficient (Wildman–Crippen LogP) is 1.30. The van der Waals surface area contributed by atoms with Crippen molar-refractivity contribution in [1.82, 2.24) is 14.8 Å². The number of nitrogens with two attached hydrogens (primary N) is 2. The molecule has 0 aliphatic carbocycles. The van der Waals surface area contributed by atoms with Gasteiger partial charge in [-0.2, -0.15) is 4.98 Å². The smallest absolute Gasteiger partial charge is 0.218 e. The maximum absolute atomic E-state index is 6.01. The molecule has 1 heterocycles. The van der Waals surface area contributed by atoms with E-state index in [9.17, 15) is 0 Å². The molecular formula is C9H10ClN5. The van der Waals surface area contributed by atoms with Gasteiger partial charge in [-0.05, 0) is 18.2 Å². The van der Waals surface area contributed by atoms with Crippen LogP contribution >= 0.6 is 11.6 Å². The van der Waals surface area contributed by atoms with Gasteiger partial charge in [0.05, 0.1) is 5.02 Å². The van der Waals surface area contributed by atoms with Crippen molar-refractivity contribution in [1.29, 1.82) is 0 Å². The molecule has 0 spiro atoms. The molecule has 0 saturated carbocycles. The van der Waals surface area contributed by atoms with Gasteiger partial charge < -0.3 is 11.5 Å². The Hall–Kier alpha value is -1.75. The van der Waals surface area contributed by atoms with Crippen molar-refractivity contribution in [3.8, 4) is 11.4 Å². The van der Waals surface area contributed by atoms with E-state index in [-0.39, 0.29) is 0 Å². The molecule has 0 fully saturated rings. The summed E-state index contributed by atoms with van der Waals surface area (Å²) < 4.78 is 1.48. The average molecular weight is 224 g/mol. The zero-order valence-electron chi connectivity index (χ0n) is 8.11. The Morgan fingerprint density at radius 1 is 1.33 bits per heavy atom. The molecule has 0 saturated heterocycles. The van der Waals surface area contributed by atoms with Crippen molar-refractivity contribution in [2.24, 2.45) is 7.05 Å². The third-order valence-corrected chi connectivity index (χ3v) is 2.36. The normalized spacial score (nSPS) is 10.5. The molecule has 2 rings (SSSR count). The summed E-state index contributed by atoms with van der Waals surface area (Å²) in [5, 5.41) is 4.67. The van der Waals surface area contributed by atoms with Gasteiger partial charge >= 0.3 is 0 Å². The van der Waals surface area contributed by atoms with Crippen LogP contribution in [0.4, 0.5) is 11.6 Å². The fraction of sp³-hybridized carbons (Fsp3) is 0.111. The third-order valence-electron chi connectivity index (χ3n) is 2.03. The molecule has 1 aromatic heterocycles. The molecule has 0 unspecified atom stereocenters. The largest absolute Gasteiger partial charge is 0.399 e. The first-order valence-electron chi connectivity index (χ1n) is 4.30. The van der Waals surface area contributed by atoms with E-state index in [1.807, 2.05) is 0 Å². The zero-order valence-corrected chi connectivity index (χ0v) is 8.86. The first kappa shape index (κ1) is 9.79. The lowest BCUT2D eigenvalue weighted by atomic mass is 10.2. The molecule has 4 N–H and O–H groups in total. The number of rotatable bonds is 1. The second-order valence-corrected chi connectivity index (χ2v) is 3.56. The van der Waals surface area contributed by atoms with Gasteiger partial charge in [-0.25, -0.2) is 4.68 Å². The number of benzene rings is 1. The van der Waals surface area contributed by atoms with Crippen LogP contribution < -0.4 is 11.5 Å². The summed E-state index contributed by atoms with van der Waals surface area (Å²) in [6, 6.07) is 5.15. The van der Waals surface area contributed by atoms with E-state index in [2.05, 4.69) is 10.1 Å². The number of halogens is 1. The molecule has 0 atom stereocenters. The highest BCUT2D eigenvalue weighted by Crippen LogP contribution is 2.27. The summed E-state index contributed by atoms with van der Waals surface area (Å²) >= 11 is 6.01. The van der Waals surface area contributed by atoms with Gasteiger partial charge in [0.2, 0.25) is 5.95 Å². The Morgan fingerprint density at radius 3 is 2.67 bits per heavy atom. The van der Waals surface area contributed by atoms with E-state index in [0.29, 0.717) is 28.0 Å². The first-order valence-corrected chi connectivity index (χ1v) is 4.67. The Bertz CT molecular complexity index is 486. The molecule has 0 aliphatic rings. The van der Waals surface area contributed by atoms with Gasteiger partial charge in [-0.1, -0.05) is 11.6 Å². The number of aryl methyl sites for hydroxylation is 1. The van der Waals surface area contributed by atoms with E-state index < -0.39 is 0 Å². The van der Waals surface area contributed by atoms with Crippen molar-refractivity contribution in [3.63, 3.8) is 0 Å². The summed E-state index contributed by atoms with van der Waals surface area (Å²) in [6.45, 7) is 0. The van der Waals surface area contributed by atoms with Crippen LogP contribution in [0.3, 0.4) is 0 Å². The summed E-state index contributed by atoms with van der Waals surface area (Å²) in [7, 11) is 1.71. The Labute approximate surface area is 91.7 Å². The minimum Gasteiger partial charge on any atom is -0.399 e. The molecule has 6 heteroatoms. The lowest BCUT2D eigenvalue weighted by Crippen LogP contribution is -1.97. The van der Waals surface area contributed by atoms with Gasteiger partial charge in [0.25, 0.3) is 0 Å². The van der Waals surface area contributed by atoms with Crippen LogP contribution in [0.1, 0.15) is 0 Å². The van der Waals surface area contributed by atoms with E-state index in [1.165, 1.54) is 4.68 Å². The minimum absolute atomic E-state index is 0.337. The highest BCUT2D eigenvalue weighted by Gasteiger charge is 2.10. The van der Waals surface area contributed by atoms with Gasteiger partial charge in [-0.3, -0.25) is 0 Å². The molecular weight excluding hydrogens is 214 g/mol. The maximum Gasteiger partial charge on any atom is 0.218 e. The number of nitrogens with zero attached hydrogens (tertiary/aromatic N) is 3. The molecule has 5 nitrogen and oxygen atoms in total. The first-order chi connectivity index (χ1) is 7.08. The van der Waals surface area contributed by atoms with Crippen LogP contribution in [0.15, 0.2) is 18.2 Å². The van der Waals surface area contributed by atoms with Crippen molar-refractivity contribution in [2.75, 3.05) is 11.5 Å². The van der Waals surface area contributed by atoms with E-state index in [4.69, 9.17) is 23.1 Å². The molecule has 78 valence electrons. The summed E-state index contributed by atoms with van der Waals surface area (Å²) in [6.07, 6.45) is 0. The third kappa shape index (κ3) is 1.73. The zero-order chi connectivity index (χ0) is 11.0. The van der Waals surface area contributed by atoms with E-state index in [1.54, 1.807) is 25.2 Å². The van der Waals surface area contributed by atoms with Crippen molar-refractivity contribution >= 4 is 23.2 Å². The highest BCUT2D eigenvalue weighted by atomic mass is 35.5. The van der Waals surface area contributed by atoms with Crippen LogP contribution in [0.25, 0.3) is 11.4 Å². The van der Waals surface area contributed by atoms with Gasteiger partial charge in [0.15, 0.2) is 5.82 Å². The van der Waals surface area contributed by atoms with E-state index >= 15 is 0 Å². The summed E-state index contributed by atoms with van der Waals surface area (Å²) in [5.74, 6) is 0.816. The number of hydrogen-bond acceptors (Lipinski definition) is 4. The highest BCUT2D eigenvalue weighted by molar-refractivity contribution is 6.33. The standard InChI is InChI=1S/C9H10ClN5/c1-15-9(12)13-8(14-15)6-4-5(11)2-3-7(6)10/h2-4H,11H2,1H3,(H2,12,13,14). The van der Waals surface area contributed by atoms with Crippen molar-refractivity contribution in [2.45, 2.75) is 0 Å². The lowest BCUT2D eigenvalue weighted by molar-refractivity contribution is 0.781. The molecule has 0 bridgehead atoms. The molecule has 2 aromatic rings. The Balaban J connectivity index is 2.58. The second-order valence-electron chi connectivity index (χ2n) is 3.16. The Kier molecular flexibility index (Phi) is 2.24. The van der Waals surface area contributed by atoms with Crippen LogP contribution in [-0.4, -0.2) is 14.8 Å². The Morgan fingerprint density at radius 2 is 2.07 bits per heavy atom. The van der Waals surface area contributed by atoms with Gasteiger partial charge in [0.1, 0.15) is 0 Å². The number of nitrogen functional groups attached to an aromatic ring is 2. The van der Waals surface area contributed by atoms with Crippen LogP contribution in [-0.2, 0) is 7.05 Å². The van der Waals surface area contributed by atoms with Gasteiger partial charge in [-0.15, -0.1) is 5.10 Å². The van der Waals surface area contributed by atoms with Gasteiger partial charge in [0, 0.05) is 18.3 Å². The predicted molar refractivity (Wildman–Crippen MR) is 60.3 cm³/mol. The summed E-state index contributed by atoms with van der Waals surface area (Å²) in [4.78, 5) is 4.07. The molecule has 0 radical (unpaired) electrons. The second kappa shape index (κ2) is 3.43.